The van der Waals surface area contributed by atoms with Crippen LogP contribution in [0.5, 0.6) is 0 Å². The van der Waals surface area contributed by atoms with Crippen LogP contribution in [0, 0.1) is 0 Å². The van der Waals surface area contributed by atoms with Gasteiger partial charge in [0.25, 0.3) is 0 Å². The molecule has 3 nitrogen and oxygen atoms in total. The number of rotatable bonds is 7. The van der Waals surface area contributed by atoms with Crippen LogP contribution in [0.2, 0.25) is 0 Å². The molecule has 1 amide bonds. The highest BCUT2D eigenvalue weighted by atomic mass is 32.1. The summed E-state index contributed by atoms with van der Waals surface area (Å²) in [4.78, 5) is 12.4. The van der Waals surface area contributed by atoms with Crippen molar-refractivity contribution in [3.05, 3.63) is 57.8 Å². The number of amides is 1. The van der Waals surface area contributed by atoms with E-state index in [-0.39, 0.29) is 5.91 Å². The van der Waals surface area contributed by atoms with Crippen molar-refractivity contribution < 1.29 is 4.79 Å². The smallest absolute Gasteiger partial charge is 0.248 e. The monoisotopic (exact) mass is 288 g/mol. The van der Waals surface area contributed by atoms with Crippen LogP contribution in [0.4, 0.5) is 0 Å². The summed E-state index contributed by atoms with van der Waals surface area (Å²) < 4.78 is 0. The fourth-order valence-corrected chi connectivity index (χ4v) is 2.99. The third kappa shape index (κ3) is 3.92. The molecule has 0 spiro atoms. The second kappa shape index (κ2) is 7.22. The molecule has 0 aliphatic heterocycles. The number of hydrogen-bond acceptors (Lipinski definition) is 3. The molecule has 0 aliphatic rings. The predicted molar refractivity (Wildman–Crippen MR) is 83.8 cm³/mol. The van der Waals surface area contributed by atoms with Gasteiger partial charge in [0.2, 0.25) is 5.91 Å². The minimum atomic E-state index is -0.382. The van der Waals surface area contributed by atoms with Crippen molar-refractivity contribution in [2.45, 2.75) is 32.4 Å². The average Bonchev–Trinajstić information content (AvgIpc) is 2.98. The molecule has 2 rings (SSSR count). The summed E-state index contributed by atoms with van der Waals surface area (Å²) in [6, 6.07) is 12.1. The molecule has 0 bridgehead atoms. The Balaban J connectivity index is 1.97. The molecule has 1 aromatic carbocycles. The first-order valence-corrected chi connectivity index (χ1v) is 7.74. The largest absolute Gasteiger partial charge is 0.366 e. The Morgan fingerprint density at radius 3 is 2.60 bits per heavy atom. The van der Waals surface area contributed by atoms with Gasteiger partial charge in [-0.05, 0) is 35.6 Å². The number of primary amides is 1. The molecular weight excluding hydrogens is 268 g/mol. The lowest BCUT2D eigenvalue weighted by Crippen LogP contribution is -2.20. The van der Waals surface area contributed by atoms with Gasteiger partial charge < -0.3 is 11.1 Å². The quantitative estimate of drug-likeness (QED) is 0.819. The predicted octanol–water partition coefficient (Wildman–Crippen LogP) is 3.48. The van der Waals surface area contributed by atoms with Crippen LogP contribution in [-0.4, -0.2) is 5.91 Å². The molecule has 0 saturated heterocycles. The fraction of sp³-hybridized carbons (Fsp3) is 0.312. The third-order valence-corrected chi connectivity index (χ3v) is 4.24. The highest BCUT2D eigenvalue weighted by Gasteiger charge is 2.10. The van der Waals surface area contributed by atoms with Gasteiger partial charge in [0.05, 0.1) is 0 Å². The first-order chi connectivity index (χ1) is 9.70. The second-order valence-electron chi connectivity index (χ2n) is 4.80. The van der Waals surface area contributed by atoms with Crippen LogP contribution >= 0.6 is 11.3 Å². The molecule has 20 heavy (non-hydrogen) atoms. The van der Waals surface area contributed by atoms with Crippen LogP contribution in [0.15, 0.2) is 41.8 Å². The van der Waals surface area contributed by atoms with Gasteiger partial charge in [0.1, 0.15) is 0 Å². The van der Waals surface area contributed by atoms with E-state index < -0.39 is 0 Å². The summed E-state index contributed by atoms with van der Waals surface area (Å²) in [5, 5.41) is 5.69. The van der Waals surface area contributed by atoms with Gasteiger partial charge in [-0.25, -0.2) is 0 Å². The van der Waals surface area contributed by atoms with Crippen LogP contribution in [-0.2, 0) is 6.54 Å². The van der Waals surface area contributed by atoms with E-state index >= 15 is 0 Å². The molecule has 2 aromatic rings. The van der Waals surface area contributed by atoms with Crippen LogP contribution in [0.1, 0.15) is 46.6 Å². The molecule has 1 heterocycles. The minimum absolute atomic E-state index is 0.382. The normalized spacial score (nSPS) is 12.2. The van der Waals surface area contributed by atoms with E-state index in [9.17, 15) is 4.79 Å². The van der Waals surface area contributed by atoms with Crippen molar-refractivity contribution in [1.29, 1.82) is 0 Å². The first kappa shape index (κ1) is 14.8. The van der Waals surface area contributed by atoms with Gasteiger partial charge in [-0.3, -0.25) is 4.79 Å². The van der Waals surface area contributed by atoms with Crippen LogP contribution < -0.4 is 11.1 Å². The number of thiophene rings is 1. The van der Waals surface area contributed by atoms with Gasteiger partial charge >= 0.3 is 0 Å². The number of benzene rings is 1. The fourth-order valence-electron chi connectivity index (χ4n) is 2.15. The average molecular weight is 288 g/mol. The maximum Gasteiger partial charge on any atom is 0.248 e. The van der Waals surface area contributed by atoms with Crippen LogP contribution in [0.3, 0.4) is 0 Å². The standard InChI is InChI=1S/C16H20N2OS/c1-2-4-14(15-5-3-10-20-15)18-11-12-6-8-13(9-7-12)16(17)19/h3,5-10,14,18H,2,4,11H2,1H3,(H2,17,19). The van der Waals surface area contributed by atoms with E-state index in [2.05, 4.69) is 29.8 Å². The van der Waals surface area contributed by atoms with Crippen molar-refractivity contribution in [2.24, 2.45) is 5.73 Å². The molecule has 0 radical (unpaired) electrons. The maximum atomic E-state index is 11.0. The lowest BCUT2D eigenvalue weighted by atomic mass is 10.1. The Labute approximate surface area is 123 Å². The van der Waals surface area contributed by atoms with Crippen molar-refractivity contribution in [3.63, 3.8) is 0 Å². The van der Waals surface area contributed by atoms with E-state index in [1.165, 1.54) is 4.88 Å². The lowest BCUT2D eigenvalue weighted by Gasteiger charge is -2.16. The molecule has 3 N–H and O–H groups in total. The second-order valence-corrected chi connectivity index (χ2v) is 5.78. The summed E-state index contributed by atoms with van der Waals surface area (Å²) in [6.45, 7) is 2.99. The zero-order valence-electron chi connectivity index (χ0n) is 11.6. The maximum absolute atomic E-state index is 11.0. The Kier molecular flexibility index (Phi) is 5.32. The molecular formula is C16H20N2OS. The summed E-state index contributed by atoms with van der Waals surface area (Å²) >= 11 is 1.79. The van der Waals surface area contributed by atoms with E-state index in [4.69, 9.17) is 5.73 Å². The molecule has 0 fully saturated rings. The Hall–Kier alpha value is -1.65. The molecule has 1 atom stereocenters. The van der Waals surface area contributed by atoms with Crippen molar-refractivity contribution in [1.82, 2.24) is 5.32 Å². The van der Waals surface area contributed by atoms with Gasteiger partial charge in [-0.15, -0.1) is 11.3 Å². The SMILES string of the molecule is CCCC(NCc1ccc(C(N)=O)cc1)c1cccs1. The summed E-state index contributed by atoms with van der Waals surface area (Å²) in [7, 11) is 0. The number of carbonyl (C=O) groups excluding carboxylic acids is 1. The Bertz CT molecular complexity index is 534. The van der Waals surface area contributed by atoms with Crippen molar-refractivity contribution in [2.75, 3.05) is 0 Å². The Morgan fingerprint density at radius 1 is 1.30 bits per heavy atom. The molecule has 0 saturated carbocycles. The van der Waals surface area contributed by atoms with E-state index in [1.807, 2.05) is 12.1 Å². The van der Waals surface area contributed by atoms with Gasteiger partial charge in [0, 0.05) is 23.0 Å². The van der Waals surface area contributed by atoms with Gasteiger partial charge in [-0.2, -0.15) is 0 Å². The zero-order chi connectivity index (χ0) is 14.4. The van der Waals surface area contributed by atoms with Gasteiger partial charge in [0.15, 0.2) is 0 Å². The topological polar surface area (TPSA) is 55.1 Å². The Morgan fingerprint density at radius 2 is 2.05 bits per heavy atom. The third-order valence-electron chi connectivity index (χ3n) is 3.26. The molecule has 1 aromatic heterocycles. The zero-order valence-corrected chi connectivity index (χ0v) is 12.5. The van der Waals surface area contributed by atoms with Crippen LogP contribution in [0.25, 0.3) is 0 Å². The number of hydrogen-bond donors (Lipinski definition) is 2. The summed E-state index contributed by atoms with van der Waals surface area (Å²) in [6.07, 6.45) is 2.27. The van der Waals surface area contributed by atoms with Crippen molar-refractivity contribution >= 4 is 17.2 Å². The first-order valence-electron chi connectivity index (χ1n) is 6.86. The highest BCUT2D eigenvalue weighted by Crippen LogP contribution is 2.23. The van der Waals surface area contributed by atoms with Crippen molar-refractivity contribution in [3.8, 4) is 0 Å². The van der Waals surface area contributed by atoms with E-state index in [1.54, 1.807) is 23.5 Å². The summed E-state index contributed by atoms with van der Waals surface area (Å²) in [5.74, 6) is -0.382. The molecule has 4 heteroatoms. The minimum Gasteiger partial charge on any atom is -0.366 e. The van der Waals surface area contributed by atoms with E-state index in [0.29, 0.717) is 11.6 Å². The number of nitrogens with one attached hydrogen (secondary N) is 1. The summed E-state index contributed by atoms with van der Waals surface area (Å²) in [5.41, 5.74) is 6.95. The molecule has 1 unspecified atom stereocenters. The molecule has 0 aliphatic carbocycles. The van der Waals surface area contributed by atoms with E-state index in [0.717, 1.165) is 24.9 Å². The lowest BCUT2D eigenvalue weighted by molar-refractivity contribution is 0.100. The number of carbonyl (C=O) groups is 1. The highest BCUT2D eigenvalue weighted by molar-refractivity contribution is 7.10. The molecule has 106 valence electrons. The van der Waals surface area contributed by atoms with Gasteiger partial charge in [-0.1, -0.05) is 31.5 Å². The number of nitrogens with two attached hydrogens (primary N) is 1.